The van der Waals surface area contributed by atoms with Crippen molar-refractivity contribution in [1.29, 1.82) is 0 Å². The van der Waals surface area contributed by atoms with E-state index in [1.807, 2.05) is 12.1 Å². The normalized spacial score (nSPS) is 18.0. The predicted octanol–water partition coefficient (Wildman–Crippen LogP) is 0.925. The molecule has 1 aromatic carbocycles. The summed E-state index contributed by atoms with van der Waals surface area (Å²) in [5, 5.41) is 8.41. The highest BCUT2D eigenvalue weighted by Crippen LogP contribution is 2.21. The van der Waals surface area contributed by atoms with Gasteiger partial charge in [-0.2, -0.15) is 0 Å². The molecule has 2 aliphatic heterocycles. The van der Waals surface area contributed by atoms with E-state index in [4.69, 9.17) is 5.73 Å². The SMILES string of the molecule is NC(=O)C1CCN(CCCNC(=O)Nc2cccc(N3CCNC3=O)c2)CC1. The Labute approximate surface area is 164 Å². The van der Waals surface area contributed by atoms with E-state index in [0.717, 1.165) is 44.6 Å². The molecule has 2 heterocycles. The van der Waals surface area contributed by atoms with Crippen LogP contribution < -0.4 is 26.6 Å². The van der Waals surface area contributed by atoms with E-state index in [9.17, 15) is 14.4 Å². The molecular weight excluding hydrogens is 360 g/mol. The van der Waals surface area contributed by atoms with Gasteiger partial charge in [0.2, 0.25) is 5.91 Å². The maximum atomic E-state index is 12.1. The van der Waals surface area contributed by atoms with Crippen LogP contribution in [0.1, 0.15) is 19.3 Å². The van der Waals surface area contributed by atoms with Crippen LogP contribution in [0.5, 0.6) is 0 Å². The minimum absolute atomic E-state index is 0.00236. The number of carbonyl (C=O) groups excluding carboxylic acids is 3. The van der Waals surface area contributed by atoms with Crippen molar-refractivity contribution >= 4 is 29.3 Å². The molecule has 1 aromatic rings. The number of primary amides is 1. The molecular formula is C19H28N6O3. The molecule has 0 aromatic heterocycles. The van der Waals surface area contributed by atoms with Crippen molar-refractivity contribution in [3.63, 3.8) is 0 Å². The number of carbonyl (C=O) groups is 3. The molecule has 28 heavy (non-hydrogen) atoms. The monoisotopic (exact) mass is 388 g/mol. The molecule has 152 valence electrons. The lowest BCUT2D eigenvalue weighted by molar-refractivity contribution is -0.123. The summed E-state index contributed by atoms with van der Waals surface area (Å²) in [6.07, 6.45) is 2.46. The summed E-state index contributed by atoms with van der Waals surface area (Å²) in [6.45, 7) is 4.43. The number of hydrogen-bond acceptors (Lipinski definition) is 4. The highest BCUT2D eigenvalue weighted by atomic mass is 16.2. The Morgan fingerprint density at radius 1 is 1.21 bits per heavy atom. The molecule has 5 N–H and O–H groups in total. The van der Waals surface area contributed by atoms with Crippen LogP contribution in [0.2, 0.25) is 0 Å². The average molecular weight is 388 g/mol. The number of nitrogens with zero attached hydrogens (tertiary/aromatic N) is 2. The van der Waals surface area contributed by atoms with Crippen LogP contribution in [0.25, 0.3) is 0 Å². The van der Waals surface area contributed by atoms with E-state index >= 15 is 0 Å². The van der Waals surface area contributed by atoms with Gasteiger partial charge in [0.15, 0.2) is 0 Å². The van der Waals surface area contributed by atoms with Crippen LogP contribution >= 0.6 is 0 Å². The number of urea groups is 2. The Morgan fingerprint density at radius 2 is 2.00 bits per heavy atom. The second-order valence-corrected chi connectivity index (χ2v) is 7.19. The number of amides is 5. The fourth-order valence-electron chi connectivity index (χ4n) is 3.59. The Hall–Kier alpha value is -2.81. The number of piperidine rings is 1. The van der Waals surface area contributed by atoms with Crippen molar-refractivity contribution in [2.24, 2.45) is 11.7 Å². The van der Waals surface area contributed by atoms with Crippen molar-refractivity contribution in [1.82, 2.24) is 15.5 Å². The average Bonchev–Trinajstić information content (AvgIpc) is 3.12. The first-order valence-corrected chi connectivity index (χ1v) is 9.75. The zero-order valence-corrected chi connectivity index (χ0v) is 15.9. The summed E-state index contributed by atoms with van der Waals surface area (Å²) < 4.78 is 0. The van der Waals surface area contributed by atoms with Crippen LogP contribution in [-0.4, -0.2) is 62.1 Å². The quantitative estimate of drug-likeness (QED) is 0.519. The van der Waals surface area contributed by atoms with Crippen LogP contribution in [0.3, 0.4) is 0 Å². The molecule has 2 fully saturated rings. The van der Waals surface area contributed by atoms with E-state index in [0.29, 0.717) is 25.3 Å². The molecule has 0 bridgehead atoms. The molecule has 0 atom stereocenters. The molecule has 0 unspecified atom stereocenters. The number of anilines is 2. The molecule has 5 amide bonds. The molecule has 9 nitrogen and oxygen atoms in total. The Kier molecular flexibility index (Phi) is 6.70. The van der Waals surface area contributed by atoms with E-state index in [1.54, 1.807) is 17.0 Å². The molecule has 3 rings (SSSR count). The summed E-state index contributed by atoms with van der Waals surface area (Å²) in [5.74, 6) is -0.199. The van der Waals surface area contributed by atoms with Gasteiger partial charge >= 0.3 is 12.1 Å². The van der Waals surface area contributed by atoms with Crippen molar-refractivity contribution < 1.29 is 14.4 Å². The van der Waals surface area contributed by atoms with Gasteiger partial charge in [0.25, 0.3) is 0 Å². The van der Waals surface area contributed by atoms with Gasteiger partial charge in [-0.1, -0.05) is 6.07 Å². The van der Waals surface area contributed by atoms with Gasteiger partial charge in [-0.25, -0.2) is 9.59 Å². The Bertz CT molecular complexity index is 717. The predicted molar refractivity (Wildman–Crippen MR) is 107 cm³/mol. The van der Waals surface area contributed by atoms with Crippen LogP contribution in [0.15, 0.2) is 24.3 Å². The maximum absolute atomic E-state index is 12.1. The number of nitrogens with two attached hydrogens (primary N) is 1. The fourth-order valence-corrected chi connectivity index (χ4v) is 3.59. The topological polar surface area (TPSA) is 120 Å². The van der Waals surface area contributed by atoms with Crippen molar-refractivity contribution in [2.75, 3.05) is 49.5 Å². The van der Waals surface area contributed by atoms with Crippen molar-refractivity contribution in [3.05, 3.63) is 24.3 Å². The van der Waals surface area contributed by atoms with Gasteiger partial charge in [0, 0.05) is 36.9 Å². The minimum Gasteiger partial charge on any atom is -0.369 e. The number of benzene rings is 1. The summed E-state index contributed by atoms with van der Waals surface area (Å²) in [7, 11) is 0. The molecule has 0 radical (unpaired) electrons. The van der Waals surface area contributed by atoms with Gasteiger partial charge in [-0.3, -0.25) is 9.69 Å². The van der Waals surface area contributed by atoms with Gasteiger partial charge in [0.05, 0.1) is 0 Å². The second-order valence-electron chi connectivity index (χ2n) is 7.19. The highest BCUT2D eigenvalue weighted by Gasteiger charge is 2.23. The molecule has 9 heteroatoms. The fraction of sp³-hybridized carbons (Fsp3) is 0.526. The third kappa shape index (κ3) is 5.35. The smallest absolute Gasteiger partial charge is 0.321 e. The third-order valence-electron chi connectivity index (χ3n) is 5.20. The van der Waals surface area contributed by atoms with Gasteiger partial charge < -0.3 is 26.6 Å². The molecule has 0 spiro atoms. The summed E-state index contributed by atoms with van der Waals surface area (Å²) in [5.41, 5.74) is 6.75. The van der Waals surface area contributed by atoms with Crippen LogP contribution in [-0.2, 0) is 4.79 Å². The zero-order valence-electron chi connectivity index (χ0n) is 15.9. The van der Waals surface area contributed by atoms with E-state index < -0.39 is 0 Å². The van der Waals surface area contributed by atoms with E-state index in [2.05, 4.69) is 20.9 Å². The van der Waals surface area contributed by atoms with E-state index in [-0.39, 0.29) is 23.9 Å². The molecule has 2 aliphatic rings. The van der Waals surface area contributed by atoms with Gasteiger partial charge in [-0.05, 0) is 57.1 Å². The minimum atomic E-state index is -0.268. The Balaban J connectivity index is 1.36. The lowest BCUT2D eigenvalue weighted by Gasteiger charge is -2.30. The molecule has 2 saturated heterocycles. The lowest BCUT2D eigenvalue weighted by atomic mass is 9.96. The third-order valence-corrected chi connectivity index (χ3v) is 5.20. The number of rotatable bonds is 7. The standard InChI is InChI=1S/C19H28N6O3/c20-17(26)14-5-10-24(11-6-14)9-2-7-21-18(27)23-15-3-1-4-16(13-15)25-12-8-22-19(25)28/h1,3-4,13-14H,2,5-12H2,(H2,20,26)(H,22,28)(H2,21,23,27). The first-order chi connectivity index (χ1) is 13.5. The highest BCUT2D eigenvalue weighted by molar-refractivity contribution is 5.95. The van der Waals surface area contributed by atoms with Crippen molar-refractivity contribution in [2.45, 2.75) is 19.3 Å². The van der Waals surface area contributed by atoms with Gasteiger partial charge in [-0.15, -0.1) is 0 Å². The molecule has 0 aliphatic carbocycles. The number of nitrogens with one attached hydrogen (secondary N) is 3. The van der Waals surface area contributed by atoms with Gasteiger partial charge in [0.1, 0.15) is 0 Å². The summed E-state index contributed by atoms with van der Waals surface area (Å²) in [4.78, 5) is 39.0. The van der Waals surface area contributed by atoms with Crippen LogP contribution in [0, 0.1) is 5.92 Å². The van der Waals surface area contributed by atoms with Crippen molar-refractivity contribution in [3.8, 4) is 0 Å². The maximum Gasteiger partial charge on any atom is 0.321 e. The molecule has 0 saturated carbocycles. The second kappa shape index (κ2) is 9.41. The largest absolute Gasteiger partial charge is 0.369 e. The summed E-state index contributed by atoms with van der Waals surface area (Å²) >= 11 is 0. The summed E-state index contributed by atoms with van der Waals surface area (Å²) in [6, 6.07) is 6.84. The first kappa shape index (κ1) is 19.9. The number of hydrogen-bond donors (Lipinski definition) is 4. The van der Waals surface area contributed by atoms with Crippen LogP contribution in [0.4, 0.5) is 21.0 Å². The lowest BCUT2D eigenvalue weighted by Crippen LogP contribution is -2.40. The van der Waals surface area contributed by atoms with E-state index in [1.165, 1.54) is 0 Å². The zero-order chi connectivity index (χ0) is 19.9. The first-order valence-electron chi connectivity index (χ1n) is 9.75. The Morgan fingerprint density at radius 3 is 2.68 bits per heavy atom. The number of likely N-dealkylation sites (tertiary alicyclic amines) is 1.